The molecule has 1 aromatic heterocycles. The summed E-state index contributed by atoms with van der Waals surface area (Å²) in [6.07, 6.45) is 0. The van der Waals surface area contributed by atoms with Crippen molar-refractivity contribution in [3.63, 3.8) is 0 Å². The van der Waals surface area contributed by atoms with Crippen LogP contribution in [-0.4, -0.2) is 12.1 Å². The van der Waals surface area contributed by atoms with E-state index < -0.39 is 0 Å². The van der Waals surface area contributed by atoms with E-state index in [2.05, 4.69) is 29.2 Å². The molecular weight excluding hydrogens is 256 g/mol. The molecule has 0 saturated heterocycles. The summed E-state index contributed by atoms with van der Waals surface area (Å²) in [5, 5.41) is 5.37. The smallest absolute Gasteiger partial charge is 0.123 e. The van der Waals surface area contributed by atoms with Crippen molar-refractivity contribution in [1.82, 2.24) is 4.98 Å². The molecule has 0 bridgehead atoms. The first kappa shape index (κ1) is 12.1. The van der Waals surface area contributed by atoms with Gasteiger partial charge >= 0.3 is 0 Å². The second-order valence-electron chi connectivity index (χ2n) is 4.28. The minimum atomic E-state index is 0.487. The van der Waals surface area contributed by atoms with Crippen molar-refractivity contribution in [2.24, 2.45) is 5.73 Å². The number of ether oxygens (including phenoxy) is 1. The van der Waals surface area contributed by atoms with E-state index >= 15 is 0 Å². The third-order valence-electron chi connectivity index (χ3n) is 3.06. The van der Waals surface area contributed by atoms with Crippen molar-refractivity contribution >= 4 is 22.1 Å². The van der Waals surface area contributed by atoms with Gasteiger partial charge in [-0.1, -0.05) is 18.2 Å². The number of fused-ring (bicyclic) bond motifs is 1. The highest BCUT2D eigenvalue weighted by atomic mass is 32.1. The number of rotatable bonds is 3. The van der Waals surface area contributed by atoms with Gasteiger partial charge in [0.25, 0.3) is 0 Å². The summed E-state index contributed by atoms with van der Waals surface area (Å²) < 4.78 is 5.23. The molecule has 0 amide bonds. The Morgan fingerprint density at radius 1 is 1.16 bits per heavy atom. The van der Waals surface area contributed by atoms with Gasteiger partial charge in [-0.15, -0.1) is 11.3 Å². The summed E-state index contributed by atoms with van der Waals surface area (Å²) in [7, 11) is 1.68. The van der Waals surface area contributed by atoms with E-state index in [1.54, 1.807) is 18.4 Å². The largest absolute Gasteiger partial charge is 0.497 e. The molecule has 0 aliphatic carbocycles. The monoisotopic (exact) mass is 270 g/mol. The van der Waals surface area contributed by atoms with Gasteiger partial charge in [0.1, 0.15) is 10.8 Å². The van der Waals surface area contributed by atoms with Gasteiger partial charge in [-0.2, -0.15) is 0 Å². The predicted molar refractivity (Wildman–Crippen MR) is 79.5 cm³/mol. The number of thiazole rings is 1. The SMILES string of the molecule is COc1ccc2cc(-c3nc(CN)cs3)ccc2c1. The Kier molecular flexibility index (Phi) is 3.19. The molecule has 96 valence electrons. The van der Waals surface area contributed by atoms with Crippen LogP contribution in [0.5, 0.6) is 5.75 Å². The van der Waals surface area contributed by atoms with Crippen LogP contribution in [0.2, 0.25) is 0 Å². The molecule has 0 radical (unpaired) electrons. The molecule has 19 heavy (non-hydrogen) atoms. The molecule has 0 fully saturated rings. The normalized spacial score (nSPS) is 10.8. The van der Waals surface area contributed by atoms with Gasteiger partial charge in [0.15, 0.2) is 0 Å². The summed E-state index contributed by atoms with van der Waals surface area (Å²) in [5.74, 6) is 0.875. The van der Waals surface area contributed by atoms with Gasteiger partial charge < -0.3 is 10.5 Å². The Hall–Kier alpha value is -1.91. The number of benzene rings is 2. The first-order valence-electron chi connectivity index (χ1n) is 6.03. The van der Waals surface area contributed by atoms with Crippen molar-refractivity contribution < 1.29 is 4.74 Å². The number of aromatic nitrogens is 1. The standard InChI is InChI=1S/C15H14N2OS/c1-18-14-5-4-10-6-12(3-2-11(10)7-14)15-17-13(8-16)9-19-15/h2-7,9H,8,16H2,1H3. The lowest BCUT2D eigenvalue weighted by Gasteiger charge is -2.04. The first-order valence-corrected chi connectivity index (χ1v) is 6.91. The molecule has 0 aliphatic rings. The lowest BCUT2D eigenvalue weighted by atomic mass is 10.1. The first-order chi connectivity index (χ1) is 9.30. The molecule has 0 unspecified atom stereocenters. The summed E-state index contributed by atoms with van der Waals surface area (Å²) in [6, 6.07) is 12.4. The summed E-state index contributed by atoms with van der Waals surface area (Å²) >= 11 is 1.63. The van der Waals surface area contributed by atoms with Gasteiger partial charge in [0.05, 0.1) is 12.8 Å². The Balaban J connectivity index is 2.06. The summed E-state index contributed by atoms with van der Waals surface area (Å²) in [4.78, 5) is 4.51. The third kappa shape index (κ3) is 2.32. The minimum absolute atomic E-state index is 0.487. The van der Waals surface area contributed by atoms with Crippen molar-refractivity contribution in [3.05, 3.63) is 47.5 Å². The molecular formula is C15H14N2OS. The molecule has 4 heteroatoms. The van der Waals surface area contributed by atoms with E-state index in [0.717, 1.165) is 22.0 Å². The van der Waals surface area contributed by atoms with Gasteiger partial charge in [-0.25, -0.2) is 4.98 Å². The second kappa shape index (κ2) is 4.99. The molecule has 1 heterocycles. The van der Waals surface area contributed by atoms with Crippen LogP contribution in [0.25, 0.3) is 21.3 Å². The number of hydrogen-bond donors (Lipinski definition) is 1. The highest BCUT2D eigenvalue weighted by Crippen LogP contribution is 2.28. The van der Waals surface area contributed by atoms with Crippen LogP contribution in [0.3, 0.4) is 0 Å². The lowest BCUT2D eigenvalue weighted by Crippen LogP contribution is -1.95. The van der Waals surface area contributed by atoms with E-state index in [-0.39, 0.29) is 0 Å². The zero-order valence-electron chi connectivity index (χ0n) is 10.6. The van der Waals surface area contributed by atoms with Gasteiger partial charge in [0, 0.05) is 17.5 Å². The van der Waals surface area contributed by atoms with Crippen molar-refractivity contribution in [1.29, 1.82) is 0 Å². The van der Waals surface area contributed by atoms with Gasteiger partial charge in [-0.3, -0.25) is 0 Å². The van der Waals surface area contributed by atoms with E-state index in [4.69, 9.17) is 10.5 Å². The topological polar surface area (TPSA) is 48.1 Å². The quantitative estimate of drug-likeness (QED) is 0.793. The molecule has 2 aromatic carbocycles. The van der Waals surface area contributed by atoms with Crippen LogP contribution in [-0.2, 0) is 6.54 Å². The molecule has 0 spiro atoms. The summed E-state index contributed by atoms with van der Waals surface area (Å²) in [5.41, 5.74) is 7.66. The van der Waals surface area contributed by atoms with Crippen LogP contribution >= 0.6 is 11.3 Å². The molecule has 3 rings (SSSR count). The second-order valence-corrected chi connectivity index (χ2v) is 5.13. The van der Waals surface area contributed by atoms with Crippen LogP contribution in [0.4, 0.5) is 0 Å². The Morgan fingerprint density at radius 2 is 1.95 bits per heavy atom. The Morgan fingerprint density at radius 3 is 2.68 bits per heavy atom. The van der Waals surface area contributed by atoms with E-state index in [1.165, 1.54) is 10.8 Å². The maximum atomic E-state index is 5.59. The predicted octanol–water partition coefficient (Wildman–Crippen LogP) is 3.43. The van der Waals surface area contributed by atoms with Crippen molar-refractivity contribution in [3.8, 4) is 16.3 Å². The lowest BCUT2D eigenvalue weighted by molar-refractivity contribution is 0.415. The number of nitrogens with zero attached hydrogens (tertiary/aromatic N) is 1. The fourth-order valence-corrected chi connectivity index (χ4v) is 2.85. The Bertz CT molecular complexity index is 721. The number of hydrogen-bond acceptors (Lipinski definition) is 4. The molecule has 3 nitrogen and oxygen atoms in total. The zero-order valence-corrected chi connectivity index (χ0v) is 11.4. The maximum Gasteiger partial charge on any atom is 0.123 e. The van der Waals surface area contributed by atoms with Crippen LogP contribution < -0.4 is 10.5 Å². The average molecular weight is 270 g/mol. The average Bonchev–Trinajstić information content (AvgIpc) is 2.95. The van der Waals surface area contributed by atoms with E-state index in [1.807, 2.05) is 17.5 Å². The highest BCUT2D eigenvalue weighted by Gasteiger charge is 2.05. The minimum Gasteiger partial charge on any atom is -0.497 e. The third-order valence-corrected chi connectivity index (χ3v) is 4.00. The van der Waals surface area contributed by atoms with Crippen LogP contribution in [0.15, 0.2) is 41.8 Å². The van der Waals surface area contributed by atoms with Crippen LogP contribution in [0, 0.1) is 0 Å². The highest BCUT2D eigenvalue weighted by molar-refractivity contribution is 7.13. The number of nitrogens with two attached hydrogens (primary N) is 1. The number of methoxy groups -OCH3 is 1. The van der Waals surface area contributed by atoms with E-state index in [0.29, 0.717) is 6.54 Å². The van der Waals surface area contributed by atoms with E-state index in [9.17, 15) is 0 Å². The summed E-state index contributed by atoms with van der Waals surface area (Å²) in [6.45, 7) is 0.487. The molecule has 0 saturated carbocycles. The maximum absolute atomic E-state index is 5.59. The molecule has 3 aromatic rings. The van der Waals surface area contributed by atoms with Crippen molar-refractivity contribution in [2.75, 3.05) is 7.11 Å². The molecule has 0 atom stereocenters. The fourth-order valence-electron chi connectivity index (χ4n) is 2.02. The Labute approximate surface area is 115 Å². The molecule has 2 N–H and O–H groups in total. The zero-order chi connectivity index (χ0) is 13.2. The van der Waals surface area contributed by atoms with Crippen molar-refractivity contribution in [2.45, 2.75) is 6.54 Å². The molecule has 0 aliphatic heterocycles. The fraction of sp³-hybridized carbons (Fsp3) is 0.133. The van der Waals surface area contributed by atoms with Gasteiger partial charge in [0.2, 0.25) is 0 Å². The van der Waals surface area contributed by atoms with Gasteiger partial charge in [-0.05, 0) is 29.0 Å². The van der Waals surface area contributed by atoms with Crippen LogP contribution in [0.1, 0.15) is 5.69 Å².